The van der Waals surface area contributed by atoms with Crippen molar-refractivity contribution in [1.29, 1.82) is 0 Å². The van der Waals surface area contributed by atoms with Crippen LogP contribution in [-0.4, -0.2) is 42.4 Å². The SMILES string of the molecule is Cn1c(N2CC(Cn3nc(-c4ccncc4)ccc3=O)C2)nc2cnccc2c1=O. The molecule has 9 nitrogen and oxygen atoms in total. The van der Waals surface area contributed by atoms with E-state index in [9.17, 15) is 9.59 Å². The van der Waals surface area contributed by atoms with Crippen LogP contribution in [0.15, 0.2) is 64.7 Å². The second-order valence-electron chi connectivity index (χ2n) is 7.41. The van der Waals surface area contributed by atoms with Crippen LogP contribution in [0.1, 0.15) is 0 Å². The fourth-order valence-electron chi connectivity index (χ4n) is 3.74. The molecule has 0 spiro atoms. The van der Waals surface area contributed by atoms with Crippen molar-refractivity contribution in [3.05, 3.63) is 75.8 Å². The number of fused-ring (bicyclic) bond motifs is 1. The Kier molecular flexibility index (Phi) is 4.35. The van der Waals surface area contributed by atoms with Crippen LogP contribution in [0.4, 0.5) is 5.95 Å². The first-order valence-corrected chi connectivity index (χ1v) is 9.64. The number of anilines is 1. The van der Waals surface area contributed by atoms with Gasteiger partial charge >= 0.3 is 0 Å². The Morgan fingerprint density at radius 3 is 2.57 bits per heavy atom. The first-order chi connectivity index (χ1) is 14.6. The van der Waals surface area contributed by atoms with E-state index < -0.39 is 0 Å². The largest absolute Gasteiger partial charge is 0.341 e. The molecule has 0 N–H and O–H groups in total. The average Bonchev–Trinajstić information content (AvgIpc) is 2.75. The molecule has 0 aromatic carbocycles. The van der Waals surface area contributed by atoms with Gasteiger partial charge in [0.05, 0.1) is 29.3 Å². The number of hydrogen-bond donors (Lipinski definition) is 0. The van der Waals surface area contributed by atoms with Gasteiger partial charge < -0.3 is 4.90 Å². The van der Waals surface area contributed by atoms with Gasteiger partial charge in [0.1, 0.15) is 0 Å². The zero-order valence-electron chi connectivity index (χ0n) is 16.3. The summed E-state index contributed by atoms with van der Waals surface area (Å²) in [5.41, 5.74) is 2.01. The maximum absolute atomic E-state index is 12.6. The van der Waals surface area contributed by atoms with E-state index >= 15 is 0 Å². The highest BCUT2D eigenvalue weighted by Crippen LogP contribution is 2.24. The molecule has 0 radical (unpaired) electrons. The van der Waals surface area contributed by atoms with Crippen molar-refractivity contribution >= 4 is 16.9 Å². The highest BCUT2D eigenvalue weighted by atomic mass is 16.1. The number of nitrogens with zero attached hydrogens (tertiary/aromatic N) is 7. The summed E-state index contributed by atoms with van der Waals surface area (Å²) < 4.78 is 3.07. The third-order valence-corrected chi connectivity index (χ3v) is 5.37. The summed E-state index contributed by atoms with van der Waals surface area (Å²) in [6.07, 6.45) is 6.60. The summed E-state index contributed by atoms with van der Waals surface area (Å²) >= 11 is 0. The van der Waals surface area contributed by atoms with Gasteiger partial charge in [-0.25, -0.2) is 9.67 Å². The van der Waals surface area contributed by atoms with Gasteiger partial charge in [0.2, 0.25) is 5.95 Å². The average molecular weight is 401 g/mol. The molecule has 1 aliphatic rings. The fourth-order valence-corrected chi connectivity index (χ4v) is 3.74. The van der Waals surface area contributed by atoms with Crippen LogP contribution in [0.25, 0.3) is 22.2 Å². The van der Waals surface area contributed by atoms with Gasteiger partial charge in [0.15, 0.2) is 0 Å². The smallest absolute Gasteiger partial charge is 0.266 e. The Balaban J connectivity index is 1.35. The lowest BCUT2D eigenvalue weighted by Gasteiger charge is -2.40. The molecule has 5 rings (SSSR count). The van der Waals surface area contributed by atoms with E-state index in [2.05, 4.69) is 20.1 Å². The van der Waals surface area contributed by atoms with E-state index in [0.717, 1.165) is 11.3 Å². The minimum Gasteiger partial charge on any atom is -0.341 e. The maximum Gasteiger partial charge on any atom is 0.266 e. The molecular weight excluding hydrogens is 382 g/mol. The van der Waals surface area contributed by atoms with E-state index in [1.165, 1.54) is 4.68 Å². The van der Waals surface area contributed by atoms with E-state index in [0.29, 0.717) is 36.5 Å². The predicted molar refractivity (Wildman–Crippen MR) is 112 cm³/mol. The first kappa shape index (κ1) is 18.2. The number of rotatable bonds is 4. The van der Waals surface area contributed by atoms with Crippen molar-refractivity contribution in [2.24, 2.45) is 13.0 Å². The van der Waals surface area contributed by atoms with Gasteiger partial charge in [-0.15, -0.1) is 0 Å². The third kappa shape index (κ3) is 3.14. The molecule has 9 heteroatoms. The van der Waals surface area contributed by atoms with Crippen LogP contribution in [0, 0.1) is 5.92 Å². The molecule has 1 aliphatic heterocycles. The van der Waals surface area contributed by atoms with E-state index in [1.807, 2.05) is 17.0 Å². The molecule has 4 aromatic heterocycles. The molecule has 1 fully saturated rings. The predicted octanol–water partition coefficient (Wildman–Crippen LogP) is 1.08. The zero-order valence-corrected chi connectivity index (χ0v) is 16.3. The summed E-state index contributed by atoms with van der Waals surface area (Å²) in [5.74, 6) is 0.854. The van der Waals surface area contributed by atoms with Gasteiger partial charge in [-0.3, -0.25) is 24.1 Å². The summed E-state index contributed by atoms with van der Waals surface area (Å²) in [6.45, 7) is 1.90. The van der Waals surface area contributed by atoms with E-state index in [4.69, 9.17) is 0 Å². The van der Waals surface area contributed by atoms with Crippen LogP contribution >= 0.6 is 0 Å². The highest BCUT2D eigenvalue weighted by molar-refractivity contribution is 5.77. The topological polar surface area (TPSA) is 98.8 Å². The minimum atomic E-state index is -0.131. The molecule has 0 saturated carbocycles. The molecule has 0 amide bonds. The third-order valence-electron chi connectivity index (χ3n) is 5.37. The lowest BCUT2D eigenvalue weighted by molar-refractivity contribution is 0.329. The van der Waals surface area contributed by atoms with Crippen molar-refractivity contribution in [3.63, 3.8) is 0 Å². The number of aromatic nitrogens is 6. The van der Waals surface area contributed by atoms with Gasteiger partial charge in [0.25, 0.3) is 11.1 Å². The second-order valence-corrected chi connectivity index (χ2v) is 7.41. The van der Waals surface area contributed by atoms with Crippen molar-refractivity contribution in [3.8, 4) is 11.3 Å². The Morgan fingerprint density at radius 1 is 1.00 bits per heavy atom. The van der Waals surface area contributed by atoms with Crippen molar-refractivity contribution in [1.82, 2.24) is 29.3 Å². The summed E-state index contributed by atoms with van der Waals surface area (Å²) in [6, 6.07) is 8.68. The summed E-state index contributed by atoms with van der Waals surface area (Å²) in [5, 5.41) is 5.07. The van der Waals surface area contributed by atoms with Gasteiger partial charge in [0, 0.05) is 56.3 Å². The van der Waals surface area contributed by atoms with Crippen LogP contribution in [-0.2, 0) is 13.6 Å². The molecule has 0 aliphatic carbocycles. The second kappa shape index (κ2) is 7.18. The van der Waals surface area contributed by atoms with E-state index in [-0.39, 0.29) is 17.0 Å². The molecular formula is C21H19N7O2. The number of hydrogen-bond acceptors (Lipinski definition) is 7. The van der Waals surface area contributed by atoms with Gasteiger partial charge in [-0.2, -0.15) is 5.10 Å². The van der Waals surface area contributed by atoms with Crippen LogP contribution in [0.2, 0.25) is 0 Å². The number of pyridine rings is 2. The summed E-state index contributed by atoms with van der Waals surface area (Å²) in [4.78, 5) is 39.6. The van der Waals surface area contributed by atoms with Crippen molar-refractivity contribution in [2.75, 3.05) is 18.0 Å². The monoisotopic (exact) mass is 401 g/mol. The molecule has 0 bridgehead atoms. The zero-order chi connectivity index (χ0) is 20.7. The first-order valence-electron chi connectivity index (χ1n) is 9.64. The maximum atomic E-state index is 12.6. The lowest BCUT2D eigenvalue weighted by Crippen LogP contribution is -2.51. The summed E-state index contributed by atoms with van der Waals surface area (Å²) in [7, 11) is 1.72. The molecule has 0 unspecified atom stereocenters. The molecule has 4 aromatic rings. The molecule has 150 valence electrons. The highest BCUT2D eigenvalue weighted by Gasteiger charge is 2.30. The Bertz CT molecular complexity index is 1340. The van der Waals surface area contributed by atoms with E-state index in [1.54, 1.807) is 54.6 Å². The van der Waals surface area contributed by atoms with Crippen LogP contribution in [0.3, 0.4) is 0 Å². The fraction of sp³-hybridized carbons (Fsp3) is 0.238. The molecule has 0 atom stereocenters. The van der Waals surface area contributed by atoms with Crippen LogP contribution in [0.5, 0.6) is 0 Å². The minimum absolute atomic E-state index is 0.0937. The normalized spacial score (nSPS) is 14.1. The Morgan fingerprint density at radius 2 is 1.77 bits per heavy atom. The Hall–Kier alpha value is -3.88. The molecule has 30 heavy (non-hydrogen) atoms. The Labute approximate surface area is 171 Å². The molecule has 5 heterocycles. The van der Waals surface area contributed by atoms with Crippen molar-refractivity contribution in [2.45, 2.75) is 6.54 Å². The van der Waals surface area contributed by atoms with Gasteiger partial charge in [-0.05, 0) is 24.3 Å². The standard InChI is InChI=1S/C21H19N7O2/c1-26-20(30)16-6-9-23-10-18(16)24-21(26)27-11-14(12-27)13-28-19(29)3-2-17(25-28)15-4-7-22-8-5-15/h2-10,14H,11-13H2,1H3. The molecule has 1 saturated heterocycles. The van der Waals surface area contributed by atoms with Gasteiger partial charge in [-0.1, -0.05) is 0 Å². The lowest BCUT2D eigenvalue weighted by atomic mass is 10.0. The van der Waals surface area contributed by atoms with Crippen molar-refractivity contribution < 1.29 is 0 Å². The van der Waals surface area contributed by atoms with Crippen LogP contribution < -0.4 is 16.0 Å². The quantitative estimate of drug-likeness (QED) is 0.505.